The summed E-state index contributed by atoms with van der Waals surface area (Å²) in [6.07, 6.45) is 8.39. The van der Waals surface area contributed by atoms with Crippen molar-refractivity contribution in [3.63, 3.8) is 0 Å². The summed E-state index contributed by atoms with van der Waals surface area (Å²) in [7, 11) is 0. The molecule has 0 aromatic rings. The summed E-state index contributed by atoms with van der Waals surface area (Å²) >= 11 is 0. The van der Waals surface area contributed by atoms with Gasteiger partial charge in [-0.25, -0.2) is 0 Å². The van der Waals surface area contributed by atoms with Crippen molar-refractivity contribution in [3.8, 4) is 0 Å². The highest BCUT2D eigenvalue weighted by molar-refractivity contribution is 4.91. The van der Waals surface area contributed by atoms with Crippen molar-refractivity contribution in [2.24, 2.45) is 11.8 Å². The Kier molecular flexibility index (Phi) is 2.32. The van der Waals surface area contributed by atoms with E-state index in [4.69, 9.17) is 0 Å². The number of allylic oxidation sites excluding steroid dienone is 2. The van der Waals surface area contributed by atoms with Crippen LogP contribution in [0.1, 0.15) is 26.2 Å². The second-order valence-corrected chi connectivity index (χ2v) is 3.08. The van der Waals surface area contributed by atoms with E-state index in [2.05, 4.69) is 26.0 Å². The quantitative estimate of drug-likeness (QED) is 0.434. The van der Waals surface area contributed by atoms with Crippen molar-refractivity contribution in [2.45, 2.75) is 26.2 Å². The molecule has 0 heterocycles. The molecule has 9 heavy (non-hydrogen) atoms. The lowest BCUT2D eigenvalue weighted by Crippen LogP contribution is -1.97. The van der Waals surface area contributed by atoms with Gasteiger partial charge >= 0.3 is 0 Å². The molecule has 0 aromatic heterocycles. The molecule has 0 fully saturated rings. The second kappa shape index (κ2) is 3.05. The maximum atomic E-state index is 4.07. The highest BCUT2D eigenvalue weighted by Crippen LogP contribution is 2.21. The van der Waals surface area contributed by atoms with Crippen LogP contribution < -0.4 is 0 Å². The summed E-state index contributed by atoms with van der Waals surface area (Å²) in [6, 6.07) is 0. The molecule has 0 saturated carbocycles. The van der Waals surface area contributed by atoms with Gasteiger partial charge in [0.15, 0.2) is 0 Å². The topological polar surface area (TPSA) is 0 Å². The zero-order valence-electron chi connectivity index (χ0n) is 6.14. The molecule has 0 N–H and O–H groups in total. The third-order valence-electron chi connectivity index (χ3n) is 1.91. The lowest BCUT2D eigenvalue weighted by molar-refractivity contribution is 0.496. The normalized spacial score (nSPS) is 36.2. The molecule has 0 amide bonds. The van der Waals surface area contributed by atoms with Gasteiger partial charge in [0.05, 0.1) is 0 Å². The Hall–Kier alpha value is -0.260. The van der Waals surface area contributed by atoms with E-state index in [9.17, 15) is 0 Å². The van der Waals surface area contributed by atoms with Gasteiger partial charge in [-0.15, -0.1) is 0 Å². The first-order valence-electron chi connectivity index (χ1n) is 3.79. The predicted octanol–water partition coefficient (Wildman–Crippen LogP) is 2.81. The van der Waals surface area contributed by atoms with Crippen molar-refractivity contribution in [2.75, 3.05) is 0 Å². The SMILES string of the molecule is [CH2]C1CCC=CC(C)C1. The van der Waals surface area contributed by atoms with Gasteiger partial charge in [-0.1, -0.05) is 26.0 Å². The first-order valence-corrected chi connectivity index (χ1v) is 3.79. The Morgan fingerprint density at radius 2 is 2.33 bits per heavy atom. The van der Waals surface area contributed by atoms with Gasteiger partial charge < -0.3 is 0 Å². The molecule has 1 aliphatic carbocycles. The van der Waals surface area contributed by atoms with Crippen LogP contribution in [0.15, 0.2) is 12.2 Å². The summed E-state index contributed by atoms with van der Waals surface area (Å²) in [6.45, 7) is 6.33. The second-order valence-electron chi connectivity index (χ2n) is 3.08. The maximum Gasteiger partial charge on any atom is -0.0259 e. The third-order valence-corrected chi connectivity index (χ3v) is 1.91. The van der Waals surface area contributed by atoms with Crippen LogP contribution in [-0.4, -0.2) is 0 Å². The monoisotopic (exact) mass is 123 g/mol. The first-order chi connectivity index (χ1) is 4.29. The fourth-order valence-corrected chi connectivity index (χ4v) is 1.38. The largest absolute Gasteiger partial charge is 0.0883 e. The van der Waals surface area contributed by atoms with E-state index in [0.717, 1.165) is 5.92 Å². The standard InChI is InChI=1S/C9H15/c1-8-5-3-4-6-9(2)7-8/h4,6,8-9H,1,3,5,7H2,2H3. The zero-order chi connectivity index (χ0) is 6.69. The van der Waals surface area contributed by atoms with Crippen molar-refractivity contribution < 1.29 is 0 Å². The van der Waals surface area contributed by atoms with Gasteiger partial charge in [-0.3, -0.25) is 0 Å². The lowest BCUT2D eigenvalue weighted by atomic mass is 9.97. The van der Waals surface area contributed by atoms with E-state index < -0.39 is 0 Å². The van der Waals surface area contributed by atoms with Crippen LogP contribution in [-0.2, 0) is 0 Å². The maximum absolute atomic E-state index is 4.07. The number of hydrogen-bond donors (Lipinski definition) is 0. The molecule has 0 heteroatoms. The minimum absolute atomic E-state index is 0.690. The van der Waals surface area contributed by atoms with Crippen molar-refractivity contribution in [1.82, 2.24) is 0 Å². The molecule has 1 aliphatic rings. The average molecular weight is 123 g/mol. The minimum atomic E-state index is 0.690. The molecule has 0 saturated heterocycles. The van der Waals surface area contributed by atoms with E-state index >= 15 is 0 Å². The molecule has 2 atom stereocenters. The van der Waals surface area contributed by atoms with Gasteiger partial charge in [0, 0.05) is 0 Å². The summed E-state index contributed by atoms with van der Waals surface area (Å²) in [5.41, 5.74) is 0. The summed E-state index contributed by atoms with van der Waals surface area (Å²) in [4.78, 5) is 0. The third kappa shape index (κ3) is 2.21. The molecule has 0 spiro atoms. The highest BCUT2D eigenvalue weighted by Gasteiger charge is 2.07. The van der Waals surface area contributed by atoms with E-state index in [1.165, 1.54) is 19.3 Å². The Labute approximate surface area is 58.0 Å². The Morgan fingerprint density at radius 1 is 1.56 bits per heavy atom. The number of rotatable bonds is 0. The molecule has 2 unspecified atom stereocenters. The van der Waals surface area contributed by atoms with E-state index in [1.807, 2.05) is 0 Å². The van der Waals surface area contributed by atoms with Gasteiger partial charge in [-0.05, 0) is 31.1 Å². The van der Waals surface area contributed by atoms with Gasteiger partial charge in [-0.2, -0.15) is 0 Å². The van der Waals surface area contributed by atoms with Crippen LogP contribution in [0.2, 0.25) is 0 Å². The van der Waals surface area contributed by atoms with Crippen LogP contribution in [0.5, 0.6) is 0 Å². The molecule has 0 aliphatic heterocycles. The smallest absolute Gasteiger partial charge is 0.0259 e. The van der Waals surface area contributed by atoms with Gasteiger partial charge in [0.25, 0.3) is 0 Å². The molecule has 1 radical (unpaired) electrons. The minimum Gasteiger partial charge on any atom is -0.0883 e. The molecule has 0 aromatic carbocycles. The number of hydrogen-bond acceptors (Lipinski definition) is 0. The summed E-state index contributed by atoms with van der Waals surface area (Å²) in [5, 5.41) is 0. The van der Waals surface area contributed by atoms with Crippen molar-refractivity contribution in [3.05, 3.63) is 19.1 Å². The Bertz CT molecular complexity index is 103. The van der Waals surface area contributed by atoms with E-state index in [1.54, 1.807) is 0 Å². The van der Waals surface area contributed by atoms with Crippen LogP contribution >= 0.6 is 0 Å². The molecule has 0 nitrogen and oxygen atoms in total. The molecule has 0 bridgehead atoms. The van der Waals surface area contributed by atoms with Crippen LogP contribution in [0.4, 0.5) is 0 Å². The highest BCUT2D eigenvalue weighted by atomic mass is 14.1. The zero-order valence-corrected chi connectivity index (χ0v) is 6.14. The lowest BCUT2D eigenvalue weighted by Gasteiger charge is -2.08. The average Bonchev–Trinajstić information content (AvgIpc) is 1.93. The molecule has 1 rings (SSSR count). The van der Waals surface area contributed by atoms with Crippen LogP contribution in [0, 0.1) is 18.8 Å². The molecular weight excluding hydrogens is 108 g/mol. The first kappa shape index (κ1) is 6.85. The van der Waals surface area contributed by atoms with Gasteiger partial charge in [0.2, 0.25) is 0 Å². The predicted molar refractivity (Wildman–Crippen MR) is 41.0 cm³/mol. The van der Waals surface area contributed by atoms with E-state index in [-0.39, 0.29) is 0 Å². The molecular formula is C9H15. The molecule has 51 valence electrons. The van der Waals surface area contributed by atoms with Gasteiger partial charge in [0.1, 0.15) is 0 Å². The van der Waals surface area contributed by atoms with Crippen molar-refractivity contribution in [1.29, 1.82) is 0 Å². The van der Waals surface area contributed by atoms with Crippen LogP contribution in [0.3, 0.4) is 0 Å². The Balaban J connectivity index is 2.40. The van der Waals surface area contributed by atoms with Crippen LogP contribution in [0.25, 0.3) is 0 Å². The van der Waals surface area contributed by atoms with E-state index in [0.29, 0.717) is 5.92 Å². The fraction of sp³-hybridized carbons (Fsp3) is 0.667. The van der Waals surface area contributed by atoms with Crippen molar-refractivity contribution >= 4 is 0 Å². The summed E-state index contributed by atoms with van der Waals surface area (Å²) < 4.78 is 0. The summed E-state index contributed by atoms with van der Waals surface area (Å²) in [5.74, 6) is 1.45. The Morgan fingerprint density at radius 3 is 3.11 bits per heavy atom. The fourth-order valence-electron chi connectivity index (χ4n) is 1.38.